The standard InChI is InChI=1S/C16H16N4/c1-3-20(11-12(2)9-17)16-8-13(10-18)14-6-4-5-7-15(14)19-16/h4-8,12H,3,11H2,1-2H3. The van der Waals surface area contributed by atoms with Crippen LogP contribution < -0.4 is 4.90 Å². The molecule has 1 heterocycles. The monoisotopic (exact) mass is 264 g/mol. The first-order valence-electron chi connectivity index (χ1n) is 6.64. The van der Waals surface area contributed by atoms with Gasteiger partial charge in [0.15, 0.2) is 0 Å². The highest BCUT2D eigenvalue weighted by Crippen LogP contribution is 2.22. The van der Waals surface area contributed by atoms with Crippen molar-refractivity contribution in [1.82, 2.24) is 4.98 Å². The molecule has 100 valence electrons. The van der Waals surface area contributed by atoms with Gasteiger partial charge in [-0.05, 0) is 26.0 Å². The molecule has 0 aliphatic heterocycles. The molecule has 0 aliphatic carbocycles. The summed E-state index contributed by atoms with van der Waals surface area (Å²) in [6.45, 7) is 5.27. The zero-order chi connectivity index (χ0) is 14.5. The van der Waals surface area contributed by atoms with Crippen LogP contribution in [0.5, 0.6) is 0 Å². The van der Waals surface area contributed by atoms with Crippen molar-refractivity contribution in [3.8, 4) is 12.1 Å². The Morgan fingerprint density at radius 1 is 1.30 bits per heavy atom. The van der Waals surface area contributed by atoms with Crippen LogP contribution in [0.25, 0.3) is 10.9 Å². The van der Waals surface area contributed by atoms with E-state index in [0.29, 0.717) is 12.1 Å². The minimum absolute atomic E-state index is 0.0752. The molecule has 0 amide bonds. The number of pyridine rings is 1. The Bertz CT molecular complexity index is 694. The third kappa shape index (κ3) is 2.70. The number of fused-ring (bicyclic) bond motifs is 1. The molecular formula is C16H16N4. The van der Waals surface area contributed by atoms with Crippen LogP contribution in [0.4, 0.5) is 5.82 Å². The van der Waals surface area contributed by atoms with Gasteiger partial charge in [0.25, 0.3) is 0 Å². The average molecular weight is 264 g/mol. The van der Waals surface area contributed by atoms with Gasteiger partial charge in [0.05, 0.1) is 29.1 Å². The highest BCUT2D eigenvalue weighted by molar-refractivity contribution is 5.86. The summed E-state index contributed by atoms with van der Waals surface area (Å²) in [6.07, 6.45) is 0. The van der Waals surface area contributed by atoms with E-state index in [1.165, 1.54) is 0 Å². The molecule has 0 N–H and O–H groups in total. The number of benzene rings is 1. The van der Waals surface area contributed by atoms with Crippen LogP contribution in [0, 0.1) is 28.6 Å². The van der Waals surface area contributed by atoms with Crippen LogP contribution >= 0.6 is 0 Å². The second-order valence-electron chi connectivity index (χ2n) is 4.73. The van der Waals surface area contributed by atoms with Gasteiger partial charge >= 0.3 is 0 Å². The largest absolute Gasteiger partial charge is 0.356 e. The lowest BCUT2D eigenvalue weighted by molar-refractivity contribution is 0.680. The van der Waals surface area contributed by atoms with Gasteiger partial charge in [-0.3, -0.25) is 0 Å². The molecule has 1 aromatic carbocycles. The van der Waals surface area contributed by atoms with Crippen molar-refractivity contribution in [2.24, 2.45) is 5.92 Å². The molecule has 2 rings (SSSR count). The highest BCUT2D eigenvalue weighted by atomic mass is 15.2. The van der Waals surface area contributed by atoms with Crippen LogP contribution in [-0.2, 0) is 0 Å². The molecule has 0 radical (unpaired) electrons. The van der Waals surface area contributed by atoms with Crippen LogP contribution in [0.1, 0.15) is 19.4 Å². The van der Waals surface area contributed by atoms with Crippen LogP contribution in [0.15, 0.2) is 30.3 Å². The molecule has 1 aromatic heterocycles. The molecule has 0 saturated carbocycles. The fraction of sp³-hybridized carbons (Fsp3) is 0.312. The minimum Gasteiger partial charge on any atom is -0.356 e. The van der Waals surface area contributed by atoms with Gasteiger partial charge in [-0.1, -0.05) is 18.2 Å². The lowest BCUT2D eigenvalue weighted by Gasteiger charge is -2.23. The van der Waals surface area contributed by atoms with E-state index >= 15 is 0 Å². The maximum Gasteiger partial charge on any atom is 0.130 e. The van der Waals surface area contributed by atoms with Crippen molar-refractivity contribution in [1.29, 1.82) is 10.5 Å². The maximum absolute atomic E-state index is 9.29. The third-order valence-corrected chi connectivity index (χ3v) is 3.24. The Hall–Kier alpha value is -2.59. The first kappa shape index (κ1) is 13.8. The van der Waals surface area contributed by atoms with E-state index in [-0.39, 0.29) is 5.92 Å². The first-order chi connectivity index (χ1) is 9.69. The van der Waals surface area contributed by atoms with E-state index in [9.17, 15) is 5.26 Å². The van der Waals surface area contributed by atoms with E-state index < -0.39 is 0 Å². The van der Waals surface area contributed by atoms with Crippen molar-refractivity contribution >= 4 is 16.7 Å². The van der Waals surface area contributed by atoms with Gasteiger partial charge in [-0.25, -0.2) is 4.98 Å². The topological polar surface area (TPSA) is 63.7 Å². The number of rotatable bonds is 4. The fourth-order valence-electron chi connectivity index (χ4n) is 2.17. The Kier molecular flexibility index (Phi) is 4.17. The number of hydrogen-bond donors (Lipinski definition) is 0. The van der Waals surface area contributed by atoms with Crippen molar-refractivity contribution in [3.05, 3.63) is 35.9 Å². The predicted octanol–water partition coefficient (Wildman–Crippen LogP) is 3.09. The van der Waals surface area contributed by atoms with Crippen molar-refractivity contribution in [2.75, 3.05) is 18.0 Å². The van der Waals surface area contributed by atoms with Crippen molar-refractivity contribution < 1.29 is 0 Å². The normalized spacial score (nSPS) is 11.6. The van der Waals surface area contributed by atoms with E-state index in [2.05, 4.69) is 17.1 Å². The van der Waals surface area contributed by atoms with Gasteiger partial charge in [-0.2, -0.15) is 10.5 Å². The zero-order valence-electron chi connectivity index (χ0n) is 11.7. The molecule has 0 bridgehead atoms. The molecule has 4 heteroatoms. The summed E-state index contributed by atoms with van der Waals surface area (Å²) in [7, 11) is 0. The Labute approximate surface area is 118 Å². The molecule has 0 fully saturated rings. The number of hydrogen-bond acceptors (Lipinski definition) is 4. The number of aromatic nitrogens is 1. The number of anilines is 1. The summed E-state index contributed by atoms with van der Waals surface area (Å²) in [5, 5.41) is 19.1. The Morgan fingerprint density at radius 3 is 2.70 bits per heavy atom. The molecular weight excluding hydrogens is 248 g/mol. The second-order valence-corrected chi connectivity index (χ2v) is 4.73. The zero-order valence-corrected chi connectivity index (χ0v) is 11.7. The second kappa shape index (κ2) is 6.04. The van der Waals surface area contributed by atoms with Gasteiger partial charge in [0.1, 0.15) is 5.82 Å². The van der Waals surface area contributed by atoms with Crippen LogP contribution in [-0.4, -0.2) is 18.1 Å². The highest BCUT2D eigenvalue weighted by Gasteiger charge is 2.13. The molecule has 20 heavy (non-hydrogen) atoms. The van der Waals surface area contributed by atoms with Crippen molar-refractivity contribution in [2.45, 2.75) is 13.8 Å². The van der Waals surface area contributed by atoms with Gasteiger partial charge in [0.2, 0.25) is 0 Å². The van der Waals surface area contributed by atoms with E-state index in [4.69, 9.17) is 5.26 Å². The molecule has 0 aliphatic rings. The molecule has 1 atom stereocenters. The Morgan fingerprint density at radius 2 is 2.05 bits per heavy atom. The lowest BCUT2D eigenvalue weighted by atomic mass is 10.1. The van der Waals surface area contributed by atoms with E-state index in [1.807, 2.05) is 43.0 Å². The third-order valence-electron chi connectivity index (χ3n) is 3.24. The lowest BCUT2D eigenvalue weighted by Crippen LogP contribution is -2.28. The average Bonchev–Trinajstić information content (AvgIpc) is 2.51. The first-order valence-corrected chi connectivity index (χ1v) is 6.64. The number of nitriles is 2. The summed E-state index contributed by atoms with van der Waals surface area (Å²) in [6, 6.07) is 13.9. The van der Waals surface area contributed by atoms with E-state index in [0.717, 1.165) is 23.3 Å². The number of para-hydroxylation sites is 1. The predicted molar refractivity (Wildman–Crippen MR) is 79.1 cm³/mol. The number of nitrogens with zero attached hydrogens (tertiary/aromatic N) is 4. The van der Waals surface area contributed by atoms with Gasteiger partial charge in [0, 0.05) is 18.5 Å². The Balaban J connectivity index is 2.49. The maximum atomic E-state index is 9.29. The van der Waals surface area contributed by atoms with Gasteiger partial charge < -0.3 is 4.90 Å². The van der Waals surface area contributed by atoms with Gasteiger partial charge in [-0.15, -0.1) is 0 Å². The smallest absolute Gasteiger partial charge is 0.130 e. The summed E-state index contributed by atoms with van der Waals surface area (Å²) < 4.78 is 0. The summed E-state index contributed by atoms with van der Waals surface area (Å²) in [4.78, 5) is 6.64. The van der Waals surface area contributed by atoms with Crippen LogP contribution in [0.2, 0.25) is 0 Å². The summed E-state index contributed by atoms with van der Waals surface area (Å²) in [5.74, 6) is 0.679. The fourth-order valence-corrected chi connectivity index (χ4v) is 2.17. The summed E-state index contributed by atoms with van der Waals surface area (Å²) >= 11 is 0. The molecule has 0 spiro atoms. The molecule has 4 nitrogen and oxygen atoms in total. The molecule has 1 unspecified atom stereocenters. The van der Waals surface area contributed by atoms with E-state index in [1.54, 1.807) is 6.07 Å². The quantitative estimate of drug-likeness (QED) is 0.851. The SMILES string of the molecule is CCN(CC(C)C#N)c1cc(C#N)c2ccccc2n1. The minimum atomic E-state index is -0.0752. The summed E-state index contributed by atoms with van der Waals surface area (Å²) in [5.41, 5.74) is 1.43. The molecule has 2 aromatic rings. The molecule has 0 saturated heterocycles. The van der Waals surface area contributed by atoms with Crippen LogP contribution in [0.3, 0.4) is 0 Å². The van der Waals surface area contributed by atoms with Crippen molar-refractivity contribution in [3.63, 3.8) is 0 Å².